The molecular weight excluding hydrogens is 270 g/mol. The van der Waals surface area contributed by atoms with Crippen LogP contribution in [0.4, 0.5) is 13.6 Å². The predicted molar refractivity (Wildman–Crippen MR) is 65.8 cm³/mol. The van der Waals surface area contributed by atoms with Gasteiger partial charge in [-0.15, -0.1) is 0 Å². The Morgan fingerprint density at radius 3 is 2.60 bits per heavy atom. The Labute approximate surface area is 114 Å². The molecule has 0 spiro atoms. The van der Waals surface area contributed by atoms with E-state index in [0.717, 1.165) is 17.0 Å². The van der Waals surface area contributed by atoms with Gasteiger partial charge >= 0.3 is 6.03 Å². The summed E-state index contributed by atoms with van der Waals surface area (Å²) in [5, 5.41) is 2.49. The van der Waals surface area contributed by atoms with Gasteiger partial charge in [-0.05, 0) is 24.6 Å². The highest BCUT2D eigenvalue weighted by Crippen LogP contribution is 2.29. The Morgan fingerprint density at radius 2 is 2.00 bits per heavy atom. The standard InChI is InChI=1S/C13H14F2N2O3/c1-13(8-3-4-9(14)10(15)7-8)11(18)17(5-6-20-2)12(19)16-13/h3-4,7H,5-6H2,1-2H3,(H,16,19). The molecule has 0 aromatic heterocycles. The molecule has 0 radical (unpaired) electrons. The fourth-order valence-electron chi connectivity index (χ4n) is 2.09. The highest BCUT2D eigenvalue weighted by atomic mass is 19.2. The number of nitrogens with one attached hydrogen (secondary N) is 1. The van der Waals surface area contributed by atoms with Crippen molar-refractivity contribution in [2.24, 2.45) is 0 Å². The van der Waals surface area contributed by atoms with Gasteiger partial charge < -0.3 is 10.1 Å². The SMILES string of the molecule is COCCN1C(=O)NC(C)(c2ccc(F)c(F)c2)C1=O. The summed E-state index contributed by atoms with van der Waals surface area (Å²) in [7, 11) is 1.45. The lowest BCUT2D eigenvalue weighted by Crippen LogP contribution is -2.41. The summed E-state index contributed by atoms with van der Waals surface area (Å²) in [6.07, 6.45) is 0. The highest BCUT2D eigenvalue weighted by Gasteiger charge is 2.48. The van der Waals surface area contributed by atoms with E-state index >= 15 is 0 Å². The third kappa shape index (κ3) is 2.24. The number of amides is 3. The molecule has 1 aromatic rings. The quantitative estimate of drug-likeness (QED) is 0.850. The second kappa shape index (κ2) is 5.16. The number of ether oxygens (including phenoxy) is 1. The Morgan fingerprint density at radius 1 is 1.30 bits per heavy atom. The maximum atomic E-state index is 13.3. The second-order valence-electron chi connectivity index (χ2n) is 4.63. The fourth-order valence-corrected chi connectivity index (χ4v) is 2.09. The number of methoxy groups -OCH3 is 1. The first-order chi connectivity index (χ1) is 9.40. The lowest BCUT2D eigenvalue weighted by molar-refractivity contribution is -0.131. The molecule has 3 amide bonds. The third-order valence-corrected chi connectivity index (χ3v) is 3.29. The molecule has 1 heterocycles. The zero-order valence-corrected chi connectivity index (χ0v) is 11.1. The number of carbonyl (C=O) groups excluding carboxylic acids is 2. The van der Waals surface area contributed by atoms with Crippen LogP contribution in [0.3, 0.4) is 0 Å². The van der Waals surface area contributed by atoms with Crippen LogP contribution < -0.4 is 5.32 Å². The monoisotopic (exact) mass is 284 g/mol. The molecule has 20 heavy (non-hydrogen) atoms. The van der Waals surface area contributed by atoms with Crippen molar-refractivity contribution in [3.63, 3.8) is 0 Å². The van der Waals surface area contributed by atoms with E-state index in [9.17, 15) is 18.4 Å². The van der Waals surface area contributed by atoms with E-state index in [1.54, 1.807) is 0 Å². The van der Waals surface area contributed by atoms with Crippen molar-refractivity contribution in [1.29, 1.82) is 0 Å². The van der Waals surface area contributed by atoms with Gasteiger partial charge in [0.15, 0.2) is 11.6 Å². The van der Waals surface area contributed by atoms with Gasteiger partial charge in [0.05, 0.1) is 13.2 Å². The van der Waals surface area contributed by atoms with Crippen molar-refractivity contribution >= 4 is 11.9 Å². The largest absolute Gasteiger partial charge is 0.383 e. The summed E-state index contributed by atoms with van der Waals surface area (Å²) in [5.41, 5.74) is -1.21. The summed E-state index contributed by atoms with van der Waals surface area (Å²) in [6, 6.07) is 2.52. The Hall–Kier alpha value is -2.02. The van der Waals surface area contributed by atoms with E-state index in [1.165, 1.54) is 20.1 Å². The van der Waals surface area contributed by atoms with Gasteiger partial charge in [0.1, 0.15) is 5.54 Å². The number of nitrogens with zero attached hydrogens (tertiary/aromatic N) is 1. The average molecular weight is 284 g/mol. The van der Waals surface area contributed by atoms with Gasteiger partial charge in [-0.2, -0.15) is 0 Å². The minimum atomic E-state index is -1.40. The molecule has 7 heteroatoms. The number of urea groups is 1. The maximum Gasteiger partial charge on any atom is 0.325 e. The third-order valence-electron chi connectivity index (χ3n) is 3.29. The van der Waals surface area contributed by atoms with E-state index in [1.807, 2.05) is 0 Å². The predicted octanol–water partition coefficient (Wildman–Crippen LogP) is 1.38. The van der Waals surface area contributed by atoms with Crippen molar-refractivity contribution in [2.75, 3.05) is 20.3 Å². The number of hydrogen-bond donors (Lipinski definition) is 1. The van der Waals surface area contributed by atoms with Crippen molar-refractivity contribution in [2.45, 2.75) is 12.5 Å². The molecule has 108 valence electrons. The van der Waals surface area contributed by atoms with Crippen LogP contribution in [0.2, 0.25) is 0 Å². The Kier molecular flexibility index (Phi) is 3.71. The topological polar surface area (TPSA) is 58.6 Å². The van der Waals surface area contributed by atoms with Crippen LogP contribution in [0.5, 0.6) is 0 Å². The molecule has 1 N–H and O–H groups in total. The van der Waals surface area contributed by atoms with Gasteiger partial charge in [0.2, 0.25) is 0 Å². The van der Waals surface area contributed by atoms with Gasteiger partial charge in [0, 0.05) is 7.11 Å². The normalized spacial score (nSPS) is 22.3. The molecule has 0 saturated carbocycles. The molecule has 1 aliphatic heterocycles. The summed E-state index contributed by atoms with van der Waals surface area (Å²) in [6.45, 7) is 1.75. The van der Waals surface area contributed by atoms with Crippen molar-refractivity contribution < 1.29 is 23.1 Å². The van der Waals surface area contributed by atoms with Crippen molar-refractivity contribution in [1.82, 2.24) is 10.2 Å². The first kappa shape index (κ1) is 14.4. The van der Waals surface area contributed by atoms with Crippen LogP contribution in [0, 0.1) is 11.6 Å². The van der Waals surface area contributed by atoms with E-state index in [4.69, 9.17) is 4.74 Å². The first-order valence-electron chi connectivity index (χ1n) is 5.98. The summed E-state index contributed by atoms with van der Waals surface area (Å²) in [5.74, 6) is -2.60. The molecule has 2 rings (SSSR count). The van der Waals surface area contributed by atoms with Gasteiger partial charge in [0.25, 0.3) is 5.91 Å². The summed E-state index contributed by atoms with van der Waals surface area (Å²) in [4.78, 5) is 25.1. The minimum Gasteiger partial charge on any atom is -0.383 e. The molecule has 0 bridgehead atoms. The number of benzene rings is 1. The second-order valence-corrected chi connectivity index (χ2v) is 4.63. The van der Waals surface area contributed by atoms with Crippen LogP contribution in [0.25, 0.3) is 0 Å². The zero-order valence-electron chi connectivity index (χ0n) is 11.1. The van der Waals surface area contributed by atoms with Crippen LogP contribution in [0.15, 0.2) is 18.2 Å². The Balaban J connectivity index is 2.33. The fraction of sp³-hybridized carbons (Fsp3) is 0.385. The van der Waals surface area contributed by atoms with Crippen molar-refractivity contribution in [3.05, 3.63) is 35.4 Å². The first-order valence-corrected chi connectivity index (χ1v) is 5.98. The number of hydrogen-bond acceptors (Lipinski definition) is 3. The summed E-state index contributed by atoms with van der Waals surface area (Å²) < 4.78 is 31.1. The molecule has 1 unspecified atom stereocenters. The van der Waals surface area contributed by atoms with Gasteiger partial charge in [-0.3, -0.25) is 9.69 Å². The molecule has 1 aliphatic rings. The number of rotatable bonds is 4. The molecule has 1 fully saturated rings. The lowest BCUT2D eigenvalue weighted by atomic mass is 9.92. The van der Waals surface area contributed by atoms with E-state index in [2.05, 4.69) is 5.32 Å². The van der Waals surface area contributed by atoms with Crippen LogP contribution in [-0.4, -0.2) is 37.1 Å². The zero-order chi connectivity index (χ0) is 14.9. The van der Waals surface area contributed by atoms with Gasteiger partial charge in [-0.25, -0.2) is 13.6 Å². The Bertz CT molecular complexity index is 565. The van der Waals surface area contributed by atoms with E-state index in [-0.39, 0.29) is 18.7 Å². The molecule has 0 aliphatic carbocycles. The van der Waals surface area contributed by atoms with Gasteiger partial charge in [-0.1, -0.05) is 6.07 Å². The minimum absolute atomic E-state index is 0.0977. The molecule has 1 saturated heterocycles. The molecule has 5 nitrogen and oxygen atoms in total. The number of imide groups is 1. The maximum absolute atomic E-state index is 13.3. The summed E-state index contributed by atoms with van der Waals surface area (Å²) >= 11 is 0. The smallest absolute Gasteiger partial charge is 0.325 e. The molecular formula is C13H14F2N2O3. The average Bonchev–Trinajstić information content (AvgIpc) is 2.62. The molecule has 1 atom stereocenters. The van der Waals surface area contributed by atoms with Crippen LogP contribution >= 0.6 is 0 Å². The van der Waals surface area contributed by atoms with E-state index in [0.29, 0.717) is 0 Å². The van der Waals surface area contributed by atoms with Crippen molar-refractivity contribution in [3.8, 4) is 0 Å². The highest BCUT2D eigenvalue weighted by molar-refractivity contribution is 6.07. The van der Waals surface area contributed by atoms with E-state index < -0.39 is 29.1 Å². The number of carbonyl (C=O) groups is 2. The number of halogens is 2. The lowest BCUT2D eigenvalue weighted by Gasteiger charge is -2.22. The van der Waals surface area contributed by atoms with Crippen LogP contribution in [0.1, 0.15) is 12.5 Å². The molecule has 1 aromatic carbocycles. The van der Waals surface area contributed by atoms with Crippen LogP contribution in [-0.2, 0) is 15.1 Å².